The van der Waals surface area contributed by atoms with Crippen LogP contribution in [0.25, 0.3) is 0 Å². The molecule has 0 atom stereocenters. The van der Waals surface area contributed by atoms with Crippen LogP contribution >= 0.6 is 0 Å². The van der Waals surface area contributed by atoms with Crippen molar-refractivity contribution in [2.45, 2.75) is 19.3 Å². The summed E-state index contributed by atoms with van der Waals surface area (Å²) in [7, 11) is 1.77. The molecular weight excluding hydrogens is 278 g/mol. The Kier molecular flexibility index (Phi) is 3.20. The molecule has 5 heteroatoms. The van der Waals surface area contributed by atoms with Crippen LogP contribution < -0.4 is 10.2 Å². The Hall–Kier alpha value is -2.69. The highest BCUT2D eigenvalue weighted by Gasteiger charge is 2.42. The van der Waals surface area contributed by atoms with Crippen molar-refractivity contribution in [1.29, 1.82) is 0 Å². The SMILES string of the molecule is CN1C(=O)C(C)(C)c2cc(NC(=O)c3ccncc3)ccc21. The van der Waals surface area contributed by atoms with Gasteiger partial charge in [0.05, 0.1) is 5.41 Å². The lowest BCUT2D eigenvalue weighted by Crippen LogP contribution is -2.33. The Bertz CT molecular complexity index is 754. The molecule has 0 saturated heterocycles. The van der Waals surface area contributed by atoms with Crippen molar-refractivity contribution in [3.63, 3.8) is 0 Å². The van der Waals surface area contributed by atoms with Crippen LogP contribution in [0.1, 0.15) is 29.8 Å². The van der Waals surface area contributed by atoms with Gasteiger partial charge in [-0.25, -0.2) is 0 Å². The van der Waals surface area contributed by atoms with E-state index in [4.69, 9.17) is 0 Å². The second-order valence-corrected chi connectivity index (χ2v) is 5.91. The highest BCUT2D eigenvalue weighted by Crippen LogP contribution is 2.41. The molecule has 112 valence electrons. The van der Waals surface area contributed by atoms with Crippen LogP contribution in [0.15, 0.2) is 42.7 Å². The average Bonchev–Trinajstić information content (AvgIpc) is 2.69. The maximum atomic E-state index is 12.3. The second kappa shape index (κ2) is 4.94. The third-order valence-corrected chi connectivity index (χ3v) is 4.07. The van der Waals surface area contributed by atoms with Crippen LogP contribution in [0, 0.1) is 0 Å². The van der Waals surface area contributed by atoms with Gasteiger partial charge in [-0.15, -0.1) is 0 Å². The molecule has 1 N–H and O–H groups in total. The van der Waals surface area contributed by atoms with Crippen molar-refractivity contribution in [2.24, 2.45) is 0 Å². The molecule has 1 aliphatic rings. The summed E-state index contributed by atoms with van der Waals surface area (Å²) in [4.78, 5) is 30.0. The highest BCUT2D eigenvalue weighted by molar-refractivity contribution is 6.08. The minimum absolute atomic E-state index is 0.0557. The fourth-order valence-corrected chi connectivity index (χ4v) is 2.76. The van der Waals surface area contributed by atoms with Gasteiger partial charge < -0.3 is 10.2 Å². The average molecular weight is 295 g/mol. The van der Waals surface area contributed by atoms with E-state index >= 15 is 0 Å². The summed E-state index contributed by atoms with van der Waals surface area (Å²) in [5.41, 5.74) is 2.45. The quantitative estimate of drug-likeness (QED) is 0.926. The maximum Gasteiger partial charge on any atom is 0.255 e. The van der Waals surface area contributed by atoms with E-state index in [1.165, 1.54) is 0 Å². The Balaban J connectivity index is 1.91. The molecule has 0 saturated carbocycles. The second-order valence-electron chi connectivity index (χ2n) is 5.91. The van der Waals surface area contributed by atoms with Gasteiger partial charge in [0.1, 0.15) is 0 Å². The Morgan fingerprint density at radius 2 is 1.86 bits per heavy atom. The summed E-state index contributed by atoms with van der Waals surface area (Å²) in [5.74, 6) is -0.141. The molecule has 22 heavy (non-hydrogen) atoms. The first kappa shape index (κ1) is 14.3. The number of nitrogens with one attached hydrogen (secondary N) is 1. The fourth-order valence-electron chi connectivity index (χ4n) is 2.76. The number of pyridine rings is 1. The zero-order chi connectivity index (χ0) is 15.9. The van der Waals surface area contributed by atoms with E-state index in [0.717, 1.165) is 11.3 Å². The Labute approximate surface area is 129 Å². The van der Waals surface area contributed by atoms with Crippen LogP contribution in [0.4, 0.5) is 11.4 Å². The van der Waals surface area contributed by atoms with Crippen LogP contribution in [0.3, 0.4) is 0 Å². The lowest BCUT2D eigenvalue weighted by atomic mass is 9.86. The fraction of sp³-hybridized carbons (Fsp3) is 0.235. The van der Waals surface area contributed by atoms with E-state index in [-0.39, 0.29) is 11.8 Å². The topological polar surface area (TPSA) is 62.3 Å². The monoisotopic (exact) mass is 295 g/mol. The van der Waals surface area contributed by atoms with Gasteiger partial charge in [0.2, 0.25) is 5.91 Å². The summed E-state index contributed by atoms with van der Waals surface area (Å²) in [6, 6.07) is 8.86. The third kappa shape index (κ3) is 2.15. The number of hydrogen-bond acceptors (Lipinski definition) is 3. The van der Waals surface area contributed by atoms with Crippen molar-refractivity contribution < 1.29 is 9.59 Å². The Morgan fingerprint density at radius 3 is 2.55 bits per heavy atom. The number of carbonyl (C=O) groups excluding carboxylic acids is 2. The van der Waals surface area contributed by atoms with Crippen LogP contribution in [0.5, 0.6) is 0 Å². The number of fused-ring (bicyclic) bond motifs is 1. The number of carbonyl (C=O) groups is 2. The first-order chi connectivity index (χ1) is 10.4. The number of likely N-dealkylation sites (N-methyl/N-ethyl adjacent to an activating group) is 1. The maximum absolute atomic E-state index is 12.3. The van der Waals surface area contributed by atoms with E-state index in [9.17, 15) is 9.59 Å². The smallest absolute Gasteiger partial charge is 0.255 e. The lowest BCUT2D eigenvalue weighted by Gasteiger charge is -2.16. The van der Waals surface area contributed by atoms with Gasteiger partial charge in [-0.3, -0.25) is 14.6 Å². The van der Waals surface area contributed by atoms with E-state index in [2.05, 4.69) is 10.3 Å². The molecule has 0 fully saturated rings. The number of rotatable bonds is 2. The van der Waals surface area contributed by atoms with Crippen molar-refractivity contribution >= 4 is 23.2 Å². The summed E-state index contributed by atoms with van der Waals surface area (Å²) in [6.07, 6.45) is 3.16. The number of benzene rings is 1. The summed E-state index contributed by atoms with van der Waals surface area (Å²) < 4.78 is 0. The lowest BCUT2D eigenvalue weighted by molar-refractivity contribution is -0.121. The molecule has 2 amide bonds. The molecule has 1 aromatic carbocycles. The molecule has 0 unspecified atom stereocenters. The molecule has 0 aliphatic carbocycles. The molecule has 0 radical (unpaired) electrons. The molecule has 2 heterocycles. The standard InChI is InChI=1S/C17H17N3O2/c1-17(2)13-10-12(4-5-14(13)20(3)16(17)22)19-15(21)11-6-8-18-9-7-11/h4-10H,1-3H3,(H,19,21). The van der Waals surface area contributed by atoms with Gasteiger partial charge in [-0.05, 0) is 49.7 Å². The summed E-state index contributed by atoms with van der Waals surface area (Å²) >= 11 is 0. The van der Waals surface area contributed by atoms with Gasteiger partial charge in [0.15, 0.2) is 0 Å². The molecule has 0 spiro atoms. The van der Waals surface area contributed by atoms with Crippen molar-refractivity contribution in [1.82, 2.24) is 4.98 Å². The number of amides is 2. The zero-order valence-electron chi connectivity index (χ0n) is 12.8. The highest BCUT2D eigenvalue weighted by atomic mass is 16.2. The molecule has 3 rings (SSSR count). The van der Waals surface area contributed by atoms with Gasteiger partial charge in [0, 0.05) is 36.4 Å². The molecule has 5 nitrogen and oxygen atoms in total. The molecular formula is C17H17N3O2. The van der Waals surface area contributed by atoms with E-state index < -0.39 is 5.41 Å². The number of anilines is 2. The first-order valence-corrected chi connectivity index (χ1v) is 7.05. The largest absolute Gasteiger partial charge is 0.322 e. The normalized spacial score (nSPS) is 15.6. The van der Waals surface area contributed by atoms with Gasteiger partial charge in [0.25, 0.3) is 5.91 Å². The zero-order valence-corrected chi connectivity index (χ0v) is 12.8. The summed E-state index contributed by atoms with van der Waals surface area (Å²) in [5, 5.41) is 2.86. The molecule has 1 aromatic heterocycles. The minimum atomic E-state index is -0.582. The predicted octanol–water partition coefficient (Wildman–Crippen LogP) is 2.59. The third-order valence-electron chi connectivity index (χ3n) is 4.07. The minimum Gasteiger partial charge on any atom is -0.322 e. The van der Waals surface area contributed by atoms with Crippen molar-refractivity contribution in [3.05, 3.63) is 53.9 Å². The number of aromatic nitrogens is 1. The number of hydrogen-bond donors (Lipinski definition) is 1. The van der Waals surface area contributed by atoms with Crippen molar-refractivity contribution in [2.75, 3.05) is 17.3 Å². The van der Waals surface area contributed by atoms with E-state index in [1.54, 1.807) is 36.5 Å². The van der Waals surface area contributed by atoms with Crippen LogP contribution in [-0.4, -0.2) is 23.8 Å². The van der Waals surface area contributed by atoms with Gasteiger partial charge >= 0.3 is 0 Å². The van der Waals surface area contributed by atoms with E-state index in [1.807, 2.05) is 32.0 Å². The van der Waals surface area contributed by atoms with Gasteiger partial charge in [-0.2, -0.15) is 0 Å². The predicted molar refractivity (Wildman–Crippen MR) is 85.1 cm³/mol. The first-order valence-electron chi connectivity index (χ1n) is 7.05. The van der Waals surface area contributed by atoms with Gasteiger partial charge in [-0.1, -0.05) is 0 Å². The molecule has 0 bridgehead atoms. The van der Waals surface area contributed by atoms with Crippen molar-refractivity contribution in [3.8, 4) is 0 Å². The number of nitrogens with zero attached hydrogens (tertiary/aromatic N) is 2. The molecule has 2 aromatic rings. The summed E-state index contributed by atoms with van der Waals surface area (Å²) in [6.45, 7) is 3.79. The van der Waals surface area contributed by atoms with Crippen LogP contribution in [-0.2, 0) is 10.2 Å². The van der Waals surface area contributed by atoms with Crippen LogP contribution in [0.2, 0.25) is 0 Å². The molecule has 1 aliphatic heterocycles. The van der Waals surface area contributed by atoms with E-state index in [0.29, 0.717) is 11.3 Å². The Morgan fingerprint density at radius 1 is 1.18 bits per heavy atom.